The SMILES string of the molecule is CCOC(=O)c1ccc(NC(=O)c2csc3c2CCCC3)cc1. The van der Waals surface area contributed by atoms with E-state index in [1.165, 1.54) is 16.9 Å². The average molecular weight is 329 g/mol. The van der Waals surface area contributed by atoms with Gasteiger partial charge in [0.25, 0.3) is 5.91 Å². The summed E-state index contributed by atoms with van der Waals surface area (Å²) in [5.74, 6) is -0.425. The quantitative estimate of drug-likeness (QED) is 0.861. The van der Waals surface area contributed by atoms with Crippen LogP contribution in [0.5, 0.6) is 0 Å². The van der Waals surface area contributed by atoms with Crippen molar-refractivity contribution in [1.29, 1.82) is 0 Å². The molecule has 1 aliphatic rings. The molecule has 120 valence electrons. The Labute approximate surface area is 139 Å². The van der Waals surface area contributed by atoms with Crippen LogP contribution >= 0.6 is 11.3 Å². The summed E-state index contributed by atoms with van der Waals surface area (Å²) in [5.41, 5.74) is 3.16. The number of benzene rings is 1. The molecule has 1 amide bonds. The van der Waals surface area contributed by atoms with E-state index >= 15 is 0 Å². The van der Waals surface area contributed by atoms with Crippen molar-refractivity contribution in [2.24, 2.45) is 0 Å². The summed E-state index contributed by atoms with van der Waals surface area (Å²) in [5, 5.41) is 4.86. The normalized spacial score (nSPS) is 13.3. The van der Waals surface area contributed by atoms with Gasteiger partial charge in [0, 0.05) is 15.9 Å². The Morgan fingerprint density at radius 3 is 2.65 bits per heavy atom. The Morgan fingerprint density at radius 1 is 1.17 bits per heavy atom. The highest BCUT2D eigenvalue weighted by atomic mass is 32.1. The third-order valence-corrected chi connectivity index (χ3v) is 5.05. The molecule has 2 aromatic rings. The van der Waals surface area contributed by atoms with E-state index in [1.807, 2.05) is 5.38 Å². The Hall–Kier alpha value is -2.14. The molecule has 0 radical (unpaired) electrons. The van der Waals surface area contributed by atoms with Crippen molar-refractivity contribution in [3.05, 3.63) is 51.2 Å². The fourth-order valence-electron chi connectivity index (χ4n) is 2.79. The maximum absolute atomic E-state index is 12.5. The molecule has 1 heterocycles. The van der Waals surface area contributed by atoms with Gasteiger partial charge < -0.3 is 10.1 Å². The third kappa shape index (κ3) is 3.45. The molecular formula is C18H19NO3S. The number of amides is 1. The van der Waals surface area contributed by atoms with Crippen molar-refractivity contribution < 1.29 is 14.3 Å². The molecule has 0 saturated heterocycles. The van der Waals surface area contributed by atoms with Crippen LogP contribution in [0, 0.1) is 0 Å². The van der Waals surface area contributed by atoms with Crippen molar-refractivity contribution in [2.45, 2.75) is 32.6 Å². The number of carbonyl (C=O) groups is 2. The number of hydrogen-bond acceptors (Lipinski definition) is 4. The van der Waals surface area contributed by atoms with E-state index in [0.717, 1.165) is 24.8 Å². The predicted molar refractivity (Wildman–Crippen MR) is 91.3 cm³/mol. The van der Waals surface area contributed by atoms with Crippen LogP contribution in [-0.2, 0) is 17.6 Å². The zero-order valence-electron chi connectivity index (χ0n) is 13.1. The first-order valence-electron chi connectivity index (χ1n) is 7.87. The zero-order chi connectivity index (χ0) is 16.2. The van der Waals surface area contributed by atoms with E-state index in [0.29, 0.717) is 17.9 Å². The van der Waals surface area contributed by atoms with Crippen LogP contribution in [0.3, 0.4) is 0 Å². The number of anilines is 1. The highest BCUT2D eigenvalue weighted by Gasteiger charge is 2.20. The molecule has 1 N–H and O–H groups in total. The number of esters is 1. The molecule has 0 atom stereocenters. The Morgan fingerprint density at radius 2 is 1.91 bits per heavy atom. The Balaban J connectivity index is 1.71. The number of aryl methyl sites for hydroxylation is 1. The number of nitrogens with one attached hydrogen (secondary N) is 1. The molecular weight excluding hydrogens is 310 g/mol. The van der Waals surface area contributed by atoms with Gasteiger partial charge in [-0.1, -0.05) is 0 Å². The molecule has 1 aromatic carbocycles. The highest BCUT2D eigenvalue weighted by molar-refractivity contribution is 7.10. The van der Waals surface area contributed by atoms with E-state index in [1.54, 1.807) is 42.5 Å². The predicted octanol–water partition coefficient (Wildman–Crippen LogP) is 4.06. The third-order valence-electron chi connectivity index (χ3n) is 3.96. The number of hydrogen-bond donors (Lipinski definition) is 1. The van der Waals surface area contributed by atoms with Crippen LogP contribution < -0.4 is 5.32 Å². The second-order valence-corrected chi connectivity index (χ2v) is 6.47. The molecule has 0 fully saturated rings. The molecule has 23 heavy (non-hydrogen) atoms. The van der Waals surface area contributed by atoms with Crippen LogP contribution in [0.1, 0.15) is 50.9 Å². The lowest BCUT2D eigenvalue weighted by Gasteiger charge is -2.12. The number of fused-ring (bicyclic) bond motifs is 1. The van der Waals surface area contributed by atoms with Crippen LogP contribution in [0.15, 0.2) is 29.6 Å². The van der Waals surface area contributed by atoms with Gasteiger partial charge in [-0.2, -0.15) is 0 Å². The number of ether oxygens (including phenoxy) is 1. The summed E-state index contributed by atoms with van der Waals surface area (Å²) in [7, 11) is 0. The fourth-order valence-corrected chi connectivity index (χ4v) is 3.91. The van der Waals surface area contributed by atoms with Crippen LogP contribution in [0.4, 0.5) is 5.69 Å². The average Bonchev–Trinajstić information content (AvgIpc) is 3.00. The molecule has 0 saturated carbocycles. The summed E-state index contributed by atoms with van der Waals surface area (Å²) >= 11 is 1.68. The molecule has 3 rings (SSSR count). The molecule has 4 nitrogen and oxygen atoms in total. The molecule has 1 aromatic heterocycles. The van der Waals surface area contributed by atoms with Crippen molar-refractivity contribution in [2.75, 3.05) is 11.9 Å². The minimum Gasteiger partial charge on any atom is -0.462 e. The van der Waals surface area contributed by atoms with Gasteiger partial charge in [0.05, 0.1) is 17.7 Å². The van der Waals surface area contributed by atoms with E-state index < -0.39 is 0 Å². The fraction of sp³-hybridized carbons (Fsp3) is 0.333. The van der Waals surface area contributed by atoms with Crippen molar-refractivity contribution in [1.82, 2.24) is 0 Å². The number of thiophene rings is 1. The van der Waals surface area contributed by atoms with Crippen molar-refractivity contribution in [3.8, 4) is 0 Å². The van der Waals surface area contributed by atoms with Gasteiger partial charge in [-0.25, -0.2) is 4.79 Å². The van der Waals surface area contributed by atoms with E-state index in [2.05, 4.69) is 5.32 Å². The highest BCUT2D eigenvalue weighted by Crippen LogP contribution is 2.30. The molecule has 0 bridgehead atoms. The molecule has 0 aliphatic heterocycles. The first-order chi connectivity index (χ1) is 11.2. The molecule has 0 spiro atoms. The van der Waals surface area contributed by atoms with E-state index in [-0.39, 0.29) is 11.9 Å². The lowest BCUT2D eigenvalue weighted by Crippen LogP contribution is -2.14. The lowest BCUT2D eigenvalue weighted by molar-refractivity contribution is 0.0526. The monoisotopic (exact) mass is 329 g/mol. The maximum atomic E-state index is 12.5. The van der Waals surface area contributed by atoms with Crippen LogP contribution in [0.2, 0.25) is 0 Å². The van der Waals surface area contributed by atoms with Gasteiger partial charge >= 0.3 is 5.97 Å². The van der Waals surface area contributed by atoms with Gasteiger partial charge in [0.15, 0.2) is 0 Å². The minimum absolute atomic E-state index is 0.0757. The van der Waals surface area contributed by atoms with Gasteiger partial charge in [-0.15, -0.1) is 11.3 Å². The summed E-state index contributed by atoms with van der Waals surface area (Å²) < 4.78 is 4.95. The second-order valence-electron chi connectivity index (χ2n) is 5.51. The molecule has 1 aliphatic carbocycles. The first-order valence-corrected chi connectivity index (χ1v) is 8.74. The van der Waals surface area contributed by atoms with Crippen molar-refractivity contribution in [3.63, 3.8) is 0 Å². The van der Waals surface area contributed by atoms with E-state index in [4.69, 9.17) is 4.74 Å². The number of rotatable bonds is 4. The Bertz CT molecular complexity index is 718. The first kappa shape index (κ1) is 15.7. The van der Waals surface area contributed by atoms with Gasteiger partial charge in [-0.05, 0) is 62.4 Å². The summed E-state index contributed by atoms with van der Waals surface area (Å²) in [4.78, 5) is 25.4. The van der Waals surface area contributed by atoms with Gasteiger partial charge in [0.1, 0.15) is 0 Å². The lowest BCUT2D eigenvalue weighted by atomic mass is 9.95. The van der Waals surface area contributed by atoms with Gasteiger partial charge in [0.2, 0.25) is 0 Å². The molecule has 5 heteroatoms. The van der Waals surface area contributed by atoms with E-state index in [9.17, 15) is 9.59 Å². The standard InChI is InChI=1S/C18H19NO3S/c1-2-22-18(21)12-7-9-13(10-8-12)19-17(20)15-11-23-16-6-4-3-5-14(15)16/h7-11H,2-6H2,1H3,(H,19,20). The molecule has 0 unspecified atom stereocenters. The van der Waals surface area contributed by atoms with Crippen molar-refractivity contribution >= 4 is 28.9 Å². The second kappa shape index (κ2) is 6.96. The largest absolute Gasteiger partial charge is 0.462 e. The zero-order valence-corrected chi connectivity index (χ0v) is 13.9. The maximum Gasteiger partial charge on any atom is 0.338 e. The smallest absolute Gasteiger partial charge is 0.338 e. The summed E-state index contributed by atoms with van der Waals surface area (Å²) in [6, 6.07) is 6.78. The summed E-state index contributed by atoms with van der Waals surface area (Å²) in [6.45, 7) is 2.12. The van der Waals surface area contributed by atoms with Gasteiger partial charge in [-0.3, -0.25) is 4.79 Å². The topological polar surface area (TPSA) is 55.4 Å². The Kier molecular flexibility index (Phi) is 4.76. The van der Waals surface area contributed by atoms with Crippen LogP contribution in [-0.4, -0.2) is 18.5 Å². The minimum atomic E-state index is -0.350. The number of carbonyl (C=O) groups excluding carboxylic acids is 2. The van der Waals surface area contributed by atoms with Crippen LogP contribution in [0.25, 0.3) is 0 Å². The summed E-state index contributed by atoms with van der Waals surface area (Å²) in [6.07, 6.45) is 4.44.